The summed E-state index contributed by atoms with van der Waals surface area (Å²) in [5, 5.41) is 0. The van der Waals surface area contributed by atoms with E-state index in [1.54, 1.807) is 0 Å². The van der Waals surface area contributed by atoms with Crippen LogP contribution in [0.5, 0.6) is 0 Å². The Morgan fingerprint density at radius 3 is 2.11 bits per heavy atom. The molecule has 0 bridgehead atoms. The lowest BCUT2D eigenvalue weighted by molar-refractivity contribution is 0.0455. The minimum Gasteiger partial charge on any atom is -0.378 e. The zero-order chi connectivity index (χ0) is 7.28. The van der Waals surface area contributed by atoms with Gasteiger partial charge in [0.15, 0.2) is 0 Å². The molecule has 1 nitrogen and oxygen atoms in total. The van der Waals surface area contributed by atoms with Crippen LogP contribution < -0.4 is 0 Å². The first kappa shape index (κ1) is 8.96. The van der Waals surface area contributed by atoms with E-state index >= 15 is 0 Å². The normalized spacial score (nSPS) is 14.3. The highest BCUT2D eigenvalue weighted by Gasteiger charge is 1.98. The van der Waals surface area contributed by atoms with Crippen LogP contribution in [0, 0.1) is 5.92 Å². The van der Waals surface area contributed by atoms with Gasteiger partial charge in [0, 0.05) is 6.61 Å². The van der Waals surface area contributed by atoms with Crippen LogP contribution in [-0.2, 0) is 4.74 Å². The van der Waals surface area contributed by atoms with E-state index in [4.69, 9.17) is 4.74 Å². The van der Waals surface area contributed by atoms with Crippen molar-refractivity contribution < 1.29 is 4.74 Å². The molecule has 0 aromatic carbocycles. The van der Waals surface area contributed by atoms with Gasteiger partial charge < -0.3 is 4.74 Å². The van der Waals surface area contributed by atoms with E-state index < -0.39 is 0 Å². The van der Waals surface area contributed by atoms with Crippen molar-refractivity contribution in [1.29, 1.82) is 0 Å². The molecular formula is C8H18O. The van der Waals surface area contributed by atoms with Gasteiger partial charge in [0.1, 0.15) is 0 Å². The van der Waals surface area contributed by atoms with E-state index in [0.717, 1.165) is 13.0 Å². The standard InChI is InChI=1S/C8H18O/c1-5-8(4)9-6-7(2)3/h7-8H,5-6H2,1-4H3/t8-/m0/s1. The van der Waals surface area contributed by atoms with Gasteiger partial charge in [-0.25, -0.2) is 0 Å². The second kappa shape index (κ2) is 4.80. The molecule has 0 amide bonds. The summed E-state index contributed by atoms with van der Waals surface area (Å²) in [5.41, 5.74) is 0. The predicted molar refractivity (Wildman–Crippen MR) is 40.5 cm³/mol. The molecule has 0 aromatic rings. The van der Waals surface area contributed by atoms with Crippen LogP contribution in [0.4, 0.5) is 0 Å². The largest absolute Gasteiger partial charge is 0.378 e. The SMILES string of the molecule is CC[C@H](C)OCC(C)C. The summed E-state index contributed by atoms with van der Waals surface area (Å²) in [6.07, 6.45) is 1.56. The molecule has 0 saturated heterocycles. The first-order valence-electron chi connectivity index (χ1n) is 3.78. The Labute approximate surface area is 58.4 Å². The van der Waals surface area contributed by atoms with Crippen molar-refractivity contribution in [3.63, 3.8) is 0 Å². The van der Waals surface area contributed by atoms with E-state index in [-0.39, 0.29) is 0 Å². The van der Waals surface area contributed by atoms with Crippen molar-refractivity contribution in [2.75, 3.05) is 6.61 Å². The molecule has 0 saturated carbocycles. The quantitative estimate of drug-likeness (QED) is 0.568. The van der Waals surface area contributed by atoms with Gasteiger partial charge in [0.25, 0.3) is 0 Å². The van der Waals surface area contributed by atoms with Gasteiger partial charge in [-0.15, -0.1) is 0 Å². The number of rotatable bonds is 4. The predicted octanol–water partition coefficient (Wildman–Crippen LogP) is 2.46. The highest BCUT2D eigenvalue weighted by Crippen LogP contribution is 1.99. The first-order valence-corrected chi connectivity index (χ1v) is 3.78. The van der Waals surface area contributed by atoms with Crippen molar-refractivity contribution in [2.45, 2.75) is 40.2 Å². The second-order valence-electron chi connectivity index (χ2n) is 2.95. The molecule has 0 radical (unpaired) electrons. The average molecular weight is 130 g/mol. The molecule has 9 heavy (non-hydrogen) atoms. The third kappa shape index (κ3) is 5.84. The molecule has 0 rings (SSSR count). The summed E-state index contributed by atoms with van der Waals surface area (Å²) in [5.74, 6) is 0.666. The van der Waals surface area contributed by atoms with Crippen molar-refractivity contribution in [3.05, 3.63) is 0 Å². The number of hydrogen-bond acceptors (Lipinski definition) is 1. The van der Waals surface area contributed by atoms with E-state index in [1.165, 1.54) is 0 Å². The van der Waals surface area contributed by atoms with Crippen LogP contribution in [0.2, 0.25) is 0 Å². The van der Waals surface area contributed by atoms with E-state index in [1.807, 2.05) is 0 Å². The Kier molecular flexibility index (Phi) is 4.78. The average Bonchev–Trinajstić information content (AvgIpc) is 1.83. The molecule has 0 unspecified atom stereocenters. The molecule has 0 aliphatic heterocycles. The summed E-state index contributed by atoms with van der Waals surface area (Å²) in [6.45, 7) is 9.49. The van der Waals surface area contributed by atoms with Crippen molar-refractivity contribution in [2.24, 2.45) is 5.92 Å². The zero-order valence-electron chi connectivity index (χ0n) is 6.98. The molecule has 0 fully saturated rings. The van der Waals surface area contributed by atoms with Crippen LogP contribution >= 0.6 is 0 Å². The Bertz CT molecular complexity index is 59.6. The van der Waals surface area contributed by atoms with Crippen LogP contribution in [0.25, 0.3) is 0 Å². The number of hydrogen-bond donors (Lipinski definition) is 0. The molecule has 1 atom stereocenters. The maximum atomic E-state index is 5.45. The van der Waals surface area contributed by atoms with Crippen LogP contribution in [0.15, 0.2) is 0 Å². The summed E-state index contributed by atoms with van der Waals surface area (Å²) in [4.78, 5) is 0. The van der Waals surface area contributed by atoms with Crippen LogP contribution in [0.3, 0.4) is 0 Å². The monoisotopic (exact) mass is 130 g/mol. The molecule has 0 N–H and O–H groups in total. The molecule has 0 heterocycles. The Morgan fingerprint density at radius 2 is 1.78 bits per heavy atom. The van der Waals surface area contributed by atoms with Gasteiger partial charge in [-0.1, -0.05) is 20.8 Å². The van der Waals surface area contributed by atoms with E-state index in [9.17, 15) is 0 Å². The summed E-state index contributed by atoms with van der Waals surface area (Å²) in [7, 11) is 0. The molecule has 0 aliphatic carbocycles. The molecule has 0 aliphatic rings. The molecule has 0 aromatic heterocycles. The van der Waals surface area contributed by atoms with Gasteiger partial charge in [-0.2, -0.15) is 0 Å². The van der Waals surface area contributed by atoms with Crippen LogP contribution in [-0.4, -0.2) is 12.7 Å². The summed E-state index contributed by atoms with van der Waals surface area (Å²) < 4.78 is 5.45. The summed E-state index contributed by atoms with van der Waals surface area (Å²) in [6, 6.07) is 0. The maximum absolute atomic E-state index is 5.45. The summed E-state index contributed by atoms with van der Waals surface area (Å²) >= 11 is 0. The van der Waals surface area contributed by atoms with Crippen LogP contribution in [0.1, 0.15) is 34.1 Å². The second-order valence-corrected chi connectivity index (χ2v) is 2.95. The minimum atomic E-state index is 0.437. The maximum Gasteiger partial charge on any atom is 0.0544 e. The lowest BCUT2D eigenvalue weighted by Gasteiger charge is -2.11. The van der Waals surface area contributed by atoms with Gasteiger partial charge in [0.05, 0.1) is 6.10 Å². The van der Waals surface area contributed by atoms with Crippen molar-refractivity contribution >= 4 is 0 Å². The minimum absolute atomic E-state index is 0.437. The lowest BCUT2D eigenvalue weighted by Crippen LogP contribution is -2.10. The van der Waals surface area contributed by atoms with E-state index in [0.29, 0.717) is 12.0 Å². The van der Waals surface area contributed by atoms with Gasteiger partial charge in [-0.05, 0) is 19.3 Å². The highest BCUT2D eigenvalue weighted by atomic mass is 16.5. The number of ether oxygens (including phenoxy) is 1. The van der Waals surface area contributed by atoms with Crippen molar-refractivity contribution in [1.82, 2.24) is 0 Å². The first-order chi connectivity index (χ1) is 4.16. The lowest BCUT2D eigenvalue weighted by atomic mass is 10.2. The third-order valence-electron chi connectivity index (χ3n) is 1.29. The zero-order valence-corrected chi connectivity index (χ0v) is 6.98. The smallest absolute Gasteiger partial charge is 0.0544 e. The Balaban J connectivity index is 3.06. The molecule has 1 heteroatoms. The Hall–Kier alpha value is -0.0400. The van der Waals surface area contributed by atoms with Gasteiger partial charge in [-0.3, -0.25) is 0 Å². The highest BCUT2D eigenvalue weighted by molar-refractivity contribution is 4.46. The molecular weight excluding hydrogens is 112 g/mol. The van der Waals surface area contributed by atoms with Gasteiger partial charge >= 0.3 is 0 Å². The topological polar surface area (TPSA) is 9.23 Å². The molecule has 56 valence electrons. The van der Waals surface area contributed by atoms with Crippen molar-refractivity contribution in [3.8, 4) is 0 Å². The van der Waals surface area contributed by atoms with E-state index in [2.05, 4.69) is 27.7 Å². The molecule has 0 spiro atoms. The van der Waals surface area contributed by atoms with Gasteiger partial charge in [0.2, 0.25) is 0 Å². The third-order valence-corrected chi connectivity index (χ3v) is 1.29. The fourth-order valence-electron chi connectivity index (χ4n) is 0.475. The Morgan fingerprint density at radius 1 is 1.22 bits per heavy atom. The fourth-order valence-corrected chi connectivity index (χ4v) is 0.475. The fraction of sp³-hybridized carbons (Fsp3) is 1.00.